The third kappa shape index (κ3) is 5.95. The molecule has 1 atom stereocenters. The number of ether oxygens (including phenoxy) is 1. The Bertz CT molecular complexity index is 1360. The third-order valence-corrected chi connectivity index (χ3v) is 7.57. The SMILES string of the molecule is CCOC(=O)CC(c1ccccc1)N1CC(=O)N(C(C)C)c2ccc(CCc3cc(C#N)cs3)cc2C1=O. The highest BCUT2D eigenvalue weighted by molar-refractivity contribution is 7.10. The molecule has 7 nitrogen and oxygen atoms in total. The van der Waals surface area contributed by atoms with Crippen molar-refractivity contribution in [3.63, 3.8) is 0 Å². The molecule has 3 aromatic rings. The summed E-state index contributed by atoms with van der Waals surface area (Å²) in [6.07, 6.45) is 1.38. The number of hydrogen-bond acceptors (Lipinski definition) is 6. The predicted octanol–water partition coefficient (Wildman–Crippen LogP) is 5.30. The molecule has 0 N–H and O–H groups in total. The predicted molar refractivity (Wildman–Crippen MR) is 147 cm³/mol. The molecule has 2 heterocycles. The van der Waals surface area contributed by atoms with Gasteiger partial charge in [0.2, 0.25) is 5.91 Å². The molecule has 1 aliphatic heterocycles. The standard InChI is InChI=1S/C30H31N3O4S/c1-4-37-29(35)16-27(23-8-6-5-7-9-23)32-18-28(34)33(20(2)3)26-13-11-21(15-25(26)30(32)36)10-12-24-14-22(17-31)19-38-24/h5-9,11,13-15,19-20,27H,4,10,12,16,18H2,1-3H3. The van der Waals surface area contributed by atoms with Gasteiger partial charge in [-0.3, -0.25) is 14.4 Å². The Labute approximate surface area is 227 Å². The molecule has 1 unspecified atom stereocenters. The summed E-state index contributed by atoms with van der Waals surface area (Å²) in [5.74, 6) is -0.917. The van der Waals surface area contributed by atoms with Crippen molar-refractivity contribution >= 4 is 34.8 Å². The molecular formula is C30H31N3O4S. The number of hydrogen-bond donors (Lipinski definition) is 0. The number of esters is 1. The van der Waals surface area contributed by atoms with Gasteiger partial charge < -0.3 is 14.5 Å². The highest BCUT2D eigenvalue weighted by Crippen LogP contribution is 2.34. The lowest BCUT2D eigenvalue weighted by Gasteiger charge is -2.31. The molecule has 0 saturated carbocycles. The molecule has 1 aromatic heterocycles. The van der Waals surface area contributed by atoms with Crippen LogP contribution in [0, 0.1) is 11.3 Å². The summed E-state index contributed by atoms with van der Waals surface area (Å²) in [7, 11) is 0. The average Bonchev–Trinajstić information content (AvgIpc) is 3.34. The molecule has 0 saturated heterocycles. The van der Waals surface area contributed by atoms with Gasteiger partial charge in [0, 0.05) is 16.3 Å². The van der Waals surface area contributed by atoms with Gasteiger partial charge in [-0.2, -0.15) is 5.26 Å². The third-order valence-electron chi connectivity index (χ3n) is 6.57. The van der Waals surface area contributed by atoms with Crippen LogP contribution in [0.25, 0.3) is 0 Å². The fourth-order valence-electron chi connectivity index (χ4n) is 4.82. The smallest absolute Gasteiger partial charge is 0.308 e. The second-order valence-corrected chi connectivity index (χ2v) is 10.5. The molecule has 0 bridgehead atoms. The van der Waals surface area contributed by atoms with Crippen molar-refractivity contribution in [3.05, 3.63) is 87.1 Å². The summed E-state index contributed by atoms with van der Waals surface area (Å²) in [4.78, 5) is 44.5. The second kappa shape index (κ2) is 12.1. The van der Waals surface area contributed by atoms with Gasteiger partial charge in [-0.1, -0.05) is 36.4 Å². The van der Waals surface area contributed by atoms with E-state index in [0.29, 0.717) is 23.2 Å². The first-order valence-corrected chi connectivity index (χ1v) is 13.6. The van der Waals surface area contributed by atoms with Crippen molar-refractivity contribution in [2.45, 2.75) is 52.1 Å². The zero-order chi connectivity index (χ0) is 27.2. The quantitative estimate of drug-likeness (QED) is 0.351. The lowest BCUT2D eigenvalue weighted by atomic mass is 9.99. The number of rotatable bonds is 9. The summed E-state index contributed by atoms with van der Waals surface area (Å²) >= 11 is 1.55. The number of amides is 2. The number of aryl methyl sites for hydroxylation is 2. The molecule has 0 spiro atoms. The van der Waals surface area contributed by atoms with E-state index in [4.69, 9.17) is 10.00 Å². The molecule has 38 heavy (non-hydrogen) atoms. The summed E-state index contributed by atoms with van der Waals surface area (Å²) in [5.41, 5.74) is 3.40. The van der Waals surface area contributed by atoms with Crippen molar-refractivity contribution in [3.8, 4) is 6.07 Å². The largest absolute Gasteiger partial charge is 0.466 e. The van der Waals surface area contributed by atoms with E-state index in [0.717, 1.165) is 22.4 Å². The molecule has 0 aliphatic carbocycles. The van der Waals surface area contributed by atoms with Gasteiger partial charge in [0.05, 0.1) is 42.0 Å². The number of carbonyl (C=O) groups excluding carboxylic acids is 3. The Balaban J connectivity index is 1.72. The van der Waals surface area contributed by atoms with Crippen LogP contribution in [0.15, 0.2) is 60.0 Å². The lowest BCUT2D eigenvalue weighted by molar-refractivity contribution is -0.144. The minimum Gasteiger partial charge on any atom is -0.466 e. The van der Waals surface area contributed by atoms with Crippen molar-refractivity contribution in [2.24, 2.45) is 0 Å². The Morgan fingerprint density at radius 1 is 1.11 bits per heavy atom. The van der Waals surface area contributed by atoms with Crippen LogP contribution in [0.1, 0.15) is 65.2 Å². The Morgan fingerprint density at radius 3 is 2.53 bits per heavy atom. The van der Waals surface area contributed by atoms with Crippen LogP contribution in [-0.2, 0) is 27.2 Å². The van der Waals surface area contributed by atoms with Gasteiger partial charge in [0.15, 0.2) is 0 Å². The van der Waals surface area contributed by atoms with Gasteiger partial charge in [0.1, 0.15) is 6.54 Å². The molecule has 1 aliphatic rings. The number of nitriles is 1. The van der Waals surface area contributed by atoms with Gasteiger partial charge in [-0.25, -0.2) is 0 Å². The van der Waals surface area contributed by atoms with E-state index in [1.165, 1.54) is 4.90 Å². The van der Waals surface area contributed by atoms with E-state index in [1.807, 2.05) is 73.8 Å². The van der Waals surface area contributed by atoms with Crippen LogP contribution in [-0.4, -0.2) is 41.9 Å². The molecular weight excluding hydrogens is 498 g/mol. The first-order valence-electron chi connectivity index (χ1n) is 12.8. The maximum absolute atomic E-state index is 14.1. The van der Waals surface area contributed by atoms with Gasteiger partial charge in [0.25, 0.3) is 5.91 Å². The van der Waals surface area contributed by atoms with Crippen LogP contribution in [0.5, 0.6) is 0 Å². The van der Waals surface area contributed by atoms with Crippen molar-refractivity contribution in [2.75, 3.05) is 18.1 Å². The normalized spacial score (nSPS) is 14.2. The fraction of sp³-hybridized carbons (Fsp3) is 0.333. The molecule has 2 amide bonds. The molecule has 8 heteroatoms. The Hall–Kier alpha value is -3.96. The topological polar surface area (TPSA) is 90.7 Å². The Kier molecular flexibility index (Phi) is 8.59. The summed E-state index contributed by atoms with van der Waals surface area (Å²) in [6, 6.07) is 18.2. The monoisotopic (exact) mass is 529 g/mol. The highest BCUT2D eigenvalue weighted by Gasteiger charge is 2.37. The Morgan fingerprint density at radius 2 is 1.87 bits per heavy atom. The summed E-state index contributed by atoms with van der Waals surface area (Å²) in [5, 5.41) is 10.9. The number of carbonyl (C=O) groups is 3. The van der Waals surface area contributed by atoms with Crippen LogP contribution in [0.3, 0.4) is 0 Å². The van der Waals surface area contributed by atoms with Crippen molar-refractivity contribution < 1.29 is 19.1 Å². The minimum atomic E-state index is -0.647. The molecule has 2 aromatic carbocycles. The average molecular weight is 530 g/mol. The number of benzene rings is 2. The zero-order valence-corrected chi connectivity index (χ0v) is 22.7. The molecule has 0 fully saturated rings. The van der Waals surface area contributed by atoms with E-state index >= 15 is 0 Å². The van der Waals surface area contributed by atoms with E-state index in [1.54, 1.807) is 23.2 Å². The second-order valence-electron chi connectivity index (χ2n) is 9.49. The highest BCUT2D eigenvalue weighted by atomic mass is 32.1. The van der Waals surface area contributed by atoms with Crippen LogP contribution in [0.2, 0.25) is 0 Å². The first kappa shape index (κ1) is 27.1. The van der Waals surface area contributed by atoms with Crippen molar-refractivity contribution in [1.82, 2.24) is 4.90 Å². The van der Waals surface area contributed by atoms with Gasteiger partial charge >= 0.3 is 5.97 Å². The maximum atomic E-state index is 14.1. The van der Waals surface area contributed by atoms with E-state index in [2.05, 4.69) is 6.07 Å². The van der Waals surface area contributed by atoms with E-state index in [9.17, 15) is 14.4 Å². The molecule has 4 rings (SSSR count). The molecule has 196 valence electrons. The summed E-state index contributed by atoms with van der Waals surface area (Å²) < 4.78 is 5.22. The first-order chi connectivity index (χ1) is 18.3. The fourth-order valence-corrected chi connectivity index (χ4v) is 5.63. The van der Waals surface area contributed by atoms with Gasteiger partial charge in [-0.15, -0.1) is 11.3 Å². The number of nitrogens with zero attached hydrogens (tertiary/aromatic N) is 3. The zero-order valence-electron chi connectivity index (χ0n) is 21.8. The lowest BCUT2D eigenvalue weighted by Crippen LogP contribution is -2.44. The van der Waals surface area contributed by atoms with E-state index in [-0.39, 0.29) is 37.4 Å². The molecule has 0 radical (unpaired) electrons. The van der Waals surface area contributed by atoms with E-state index < -0.39 is 12.0 Å². The number of fused-ring (bicyclic) bond motifs is 1. The minimum absolute atomic E-state index is 0.0484. The van der Waals surface area contributed by atoms with Crippen LogP contribution in [0.4, 0.5) is 5.69 Å². The maximum Gasteiger partial charge on any atom is 0.308 e. The summed E-state index contributed by atoms with van der Waals surface area (Å²) in [6.45, 7) is 5.68. The van der Waals surface area contributed by atoms with Gasteiger partial charge in [-0.05, 0) is 62.9 Å². The van der Waals surface area contributed by atoms with Crippen LogP contribution < -0.4 is 4.90 Å². The van der Waals surface area contributed by atoms with Crippen molar-refractivity contribution in [1.29, 1.82) is 5.26 Å². The number of thiophene rings is 1. The number of anilines is 1. The van der Waals surface area contributed by atoms with Crippen LogP contribution >= 0.6 is 11.3 Å².